The van der Waals surface area contributed by atoms with Crippen LogP contribution >= 0.6 is 0 Å². The molecule has 2 aromatic carbocycles. The number of carboxylic acid groups (broad SMARTS) is 1. The molecule has 8 nitrogen and oxygen atoms in total. The molecule has 8 heteroatoms. The largest absolute Gasteiger partial charge is 0.492 e. The van der Waals surface area contributed by atoms with E-state index in [1.54, 1.807) is 6.07 Å². The Morgan fingerprint density at radius 2 is 1.85 bits per heavy atom. The number of rotatable bonds is 12. The van der Waals surface area contributed by atoms with Gasteiger partial charge in [0.1, 0.15) is 29.7 Å². The molecule has 0 saturated heterocycles. The maximum Gasteiger partial charge on any atom is 0.326 e. The van der Waals surface area contributed by atoms with Crippen LogP contribution in [-0.4, -0.2) is 47.6 Å². The zero-order valence-electron chi connectivity index (χ0n) is 19.2. The number of carboxylic acids is 1. The number of anilines is 1. The minimum absolute atomic E-state index is 0.183. The number of hydrogen-bond acceptors (Lipinski definition) is 7. The fourth-order valence-electron chi connectivity index (χ4n) is 4.26. The van der Waals surface area contributed by atoms with Crippen molar-refractivity contribution in [3.63, 3.8) is 0 Å². The molecule has 180 valence electrons. The van der Waals surface area contributed by atoms with Crippen molar-refractivity contribution in [2.24, 2.45) is 5.92 Å². The lowest BCUT2D eigenvalue weighted by Gasteiger charge is -2.20. The number of carbonyl (C=O) groups is 2. The fraction of sp³-hybridized carbons (Fsp3) is 0.423. The van der Waals surface area contributed by atoms with Gasteiger partial charge in [-0.05, 0) is 42.7 Å². The Bertz CT molecular complexity index is 1060. The number of nitrogens with zero attached hydrogens (tertiary/aromatic N) is 1. The topological polar surface area (TPSA) is 114 Å². The summed E-state index contributed by atoms with van der Waals surface area (Å²) in [5, 5.41) is 15.7. The number of hydrogen-bond donors (Lipinski definition) is 3. The number of Topliss-reactive ketones (excluding diaryl/α,β-unsaturated/α-hetero) is 1. The number of aromatic nitrogens is 1. The second-order valence-corrected chi connectivity index (χ2v) is 8.70. The van der Waals surface area contributed by atoms with Gasteiger partial charge < -0.3 is 24.9 Å². The van der Waals surface area contributed by atoms with Crippen molar-refractivity contribution in [3.8, 4) is 5.75 Å². The van der Waals surface area contributed by atoms with Crippen LogP contribution in [0.5, 0.6) is 5.75 Å². The summed E-state index contributed by atoms with van der Waals surface area (Å²) in [5.74, 6) is 0.240. The lowest BCUT2D eigenvalue weighted by Crippen LogP contribution is -2.32. The van der Waals surface area contributed by atoms with Gasteiger partial charge in [-0.25, -0.2) is 4.79 Å². The van der Waals surface area contributed by atoms with Crippen LogP contribution in [0.4, 0.5) is 6.01 Å². The molecular formula is C26H31N3O5. The second-order valence-electron chi connectivity index (χ2n) is 8.70. The van der Waals surface area contributed by atoms with Gasteiger partial charge in [-0.2, -0.15) is 4.98 Å². The zero-order valence-corrected chi connectivity index (χ0v) is 19.2. The van der Waals surface area contributed by atoms with Crippen molar-refractivity contribution < 1.29 is 23.8 Å². The number of aliphatic carboxylic acids is 1. The third kappa shape index (κ3) is 6.57. The Morgan fingerprint density at radius 3 is 2.59 bits per heavy atom. The van der Waals surface area contributed by atoms with E-state index in [1.165, 1.54) is 6.42 Å². The van der Waals surface area contributed by atoms with Gasteiger partial charge in [0.2, 0.25) is 0 Å². The van der Waals surface area contributed by atoms with E-state index in [0.29, 0.717) is 42.3 Å². The van der Waals surface area contributed by atoms with Crippen LogP contribution < -0.4 is 15.4 Å². The van der Waals surface area contributed by atoms with Crippen LogP contribution in [0.15, 0.2) is 52.9 Å². The minimum atomic E-state index is -0.989. The van der Waals surface area contributed by atoms with Crippen LogP contribution in [0.3, 0.4) is 0 Å². The molecular weight excluding hydrogens is 434 g/mol. The van der Waals surface area contributed by atoms with Gasteiger partial charge in [0, 0.05) is 18.9 Å². The van der Waals surface area contributed by atoms with Gasteiger partial charge in [0.05, 0.1) is 6.54 Å². The maximum atomic E-state index is 12.2. The Morgan fingerprint density at radius 1 is 1.09 bits per heavy atom. The summed E-state index contributed by atoms with van der Waals surface area (Å²) < 4.78 is 11.3. The first-order chi connectivity index (χ1) is 16.6. The molecule has 3 N–H and O–H groups in total. The number of ether oxygens (including phenoxy) is 1. The summed E-state index contributed by atoms with van der Waals surface area (Å²) in [6.07, 6.45) is 5.88. The molecule has 1 aromatic heterocycles. The number of nitrogens with one attached hydrogen (secondary N) is 2. The van der Waals surface area contributed by atoms with E-state index >= 15 is 0 Å². The molecule has 0 radical (unpaired) electrons. The highest BCUT2D eigenvalue weighted by molar-refractivity contribution is 5.83. The first-order valence-corrected chi connectivity index (χ1v) is 11.9. The van der Waals surface area contributed by atoms with Crippen LogP contribution in [0.2, 0.25) is 0 Å². The standard InChI is InChI=1S/C26H31N3O5/c30-23(19-6-2-1-3-7-19)17-27-14-15-33-20-12-10-18(11-13-20)16-22(25(31)32)29-26-28-21-8-4-5-9-24(21)34-26/h4-5,8-13,19,22,27H,1-3,6-7,14-17H2,(H,28,29)(H,31,32)/t22-/m0/s1. The zero-order chi connectivity index (χ0) is 23.8. The van der Waals surface area contributed by atoms with E-state index in [2.05, 4.69) is 15.6 Å². The van der Waals surface area contributed by atoms with E-state index in [4.69, 9.17) is 9.15 Å². The number of oxazole rings is 1. The van der Waals surface area contributed by atoms with Crippen molar-refractivity contribution in [1.82, 2.24) is 10.3 Å². The molecule has 0 aliphatic heterocycles. The predicted molar refractivity (Wildman–Crippen MR) is 129 cm³/mol. The fourth-order valence-corrected chi connectivity index (χ4v) is 4.26. The number of benzene rings is 2. The minimum Gasteiger partial charge on any atom is -0.492 e. The van der Waals surface area contributed by atoms with Crippen LogP contribution in [0.25, 0.3) is 11.1 Å². The SMILES string of the molecule is O=C(CNCCOc1ccc(C[C@H](Nc2nc3ccccc3o2)C(=O)O)cc1)C1CCCCC1. The van der Waals surface area contributed by atoms with Gasteiger partial charge in [-0.15, -0.1) is 0 Å². The summed E-state index contributed by atoms with van der Waals surface area (Å²) >= 11 is 0. The van der Waals surface area contributed by atoms with Gasteiger partial charge in [0.25, 0.3) is 6.01 Å². The van der Waals surface area contributed by atoms with E-state index < -0.39 is 12.0 Å². The normalized spacial score (nSPS) is 15.2. The first kappa shape index (κ1) is 23.8. The Labute approximate surface area is 198 Å². The maximum absolute atomic E-state index is 12.2. The molecule has 1 atom stereocenters. The molecule has 0 bridgehead atoms. The average Bonchev–Trinajstić information content (AvgIpc) is 3.27. The quantitative estimate of drug-likeness (QED) is 0.343. The van der Waals surface area contributed by atoms with Crippen molar-refractivity contribution in [1.29, 1.82) is 0 Å². The lowest BCUT2D eigenvalue weighted by molar-refractivity contribution is -0.138. The predicted octanol–water partition coefficient (Wildman–Crippen LogP) is 4.05. The Balaban J connectivity index is 1.21. The van der Waals surface area contributed by atoms with E-state index in [0.717, 1.165) is 31.2 Å². The summed E-state index contributed by atoms with van der Waals surface area (Å²) in [6.45, 7) is 1.45. The Kier molecular flexibility index (Phi) is 8.14. The molecule has 1 fully saturated rings. The highest BCUT2D eigenvalue weighted by Gasteiger charge is 2.21. The highest BCUT2D eigenvalue weighted by Crippen LogP contribution is 2.24. The molecule has 34 heavy (non-hydrogen) atoms. The van der Waals surface area contributed by atoms with Gasteiger partial charge in [-0.3, -0.25) is 4.79 Å². The van der Waals surface area contributed by atoms with Crippen LogP contribution in [0.1, 0.15) is 37.7 Å². The summed E-state index contributed by atoms with van der Waals surface area (Å²) in [4.78, 5) is 28.2. The molecule has 0 unspecified atom stereocenters. The van der Waals surface area contributed by atoms with Crippen molar-refractivity contribution in [2.75, 3.05) is 25.0 Å². The Hall–Kier alpha value is -3.39. The summed E-state index contributed by atoms with van der Waals surface area (Å²) in [6, 6.07) is 13.9. The number of fused-ring (bicyclic) bond motifs is 1. The number of para-hydroxylation sites is 2. The molecule has 1 aliphatic carbocycles. The smallest absolute Gasteiger partial charge is 0.326 e. The highest BCUT2D eigenvalue weighted by atomic mass is 16.5. The van der Waals surface area contributed by atoms with Crippen LogP contribution in [-0.2, 0) is 16.0 Å². The molecule has 1 heterocycles. The molecule has 1 aliphatic rings. The number of ketones is 1. The van der Waals surface area contributed by atoms with E-state index in [9.17, 15) is 14.7 Å². The summed E-state index contributed by atoms with van der Waals surface area (Å²) in [5.41, 5.74) is 2.12. The molecule has 0 spiro atoms. The van der Waals surface area contributed by atoms with E-state index in [-0.39, 0.29) is 18.4 Å². The first-order valence-electron chi connectivity index (χ1n) is 11.9. The van der Waals surface area contributed by atoms with Gasteiger partial charge >= 0.3 is 5.97 Å². The third-order valence-corrected chi connectivity index (χ3v) is 6.16. The van der Waals surface area contributed by atoms with Crippen molar-refractivity contribution >= 4 is 28.9 Å². The molecule has 3 aromatic rings. The third-order valence-electron chi connectivity index (χ3n) is 6.16. The van der Waals surface area contributed by atoms with Gasteiger partial charge in [0.15, 0.2) is 5.58 Å². The van der Waals surface area contributed by atoms with Crippen molar-refractivity contribution in [2.45, 2.75) is 44.6 Å². The van der Waals surface area contributed by atoms with Crippen molar-refractivity contribution in [3.05, 3.63) is 54.1 Å². The summed E-state index contributed by atoms with van der Waals surface area (Å²) in [7, 11) is 0. The molecule has 1 saturated carbocycles. The van der Waals surface area contributed by atoms with Gasteiger partial charge in [-0.1, -0.05) is 43.5 Å². The lowest BCUT2D eigenvalue weighted by atomic mass is 9.86. The monoisotopic (exact) mass is 465 g/mol. The number of carbonyl (C=O) groups excluding carboxylic acids is 1. The average molecular weight is 466 g/mol. The molecule has 0 amide bonds. The van der Waals surface area contributed by atoms with E-state index in [1.807, 2.05) is 42.5 Å². The molecule has 4 rings (SSSR count). The van der Waals surface area contributed by atoms with Crippen LogP contribution in [0, 0.1) is 5.92 Å². The second kappa shape index (κ2) is 11.7.